The van der Waals surface area contributed by atoms with Crippen molar-refractivity contribution in [1.82, 2.24) is 9.80 Å². The third-order valence-electron chi connectivity index (χ3n) is 5.67. The molecule has 26 heavy (non-hydrogen) atoms. The normalized spacial score (nSPS) is 18.9. The molecule has 144 valence electrons. The van der Waals surface area contributed by atoms with Crippen molar-refractivity contribution in [3.8, 4) is 0 Å². The molecule has 0 radical (unpaired) electrons. The Labute approximate surface area is 163 Å². The number of rotatable bonds is 6. The molecule has 5 heteroatoms. The van der Waals surface area contributed by atoms with Crippen LogP contribution in [0.15, 0.2) is 42.0 Å². The molecule has 1 aromatic rings. The maximum absolute atomic E-state index is 11.9. The Morgan fingerprint density at radius 1 is 1.27 bits per heavy atom. The van der Waals surface area contributed by atoms with E-state index in [2.05, 4.69) is 41.3 Å². The lowest BCUT2D eigenvalue weighted by Gasteiger charge is -2.42. The summed E-state index contributed by atoms with van der Waals surface area (Å²) in [7, 11) is 1.47. The number of carbonyl (C=O) groups is 1. The number of carbonyl (C=O) groups excluding carboxylic acids is 1. The van der Waals surface area contributed by atoms with Crippen LogP contribution in [-0.4, -0.2) is 54.7 Å². The van der Waals surface area contributed by atoms with Crippen LogP contribution in [0.1, 0.15) is 38.2 Å². The third-order valence-corrected chi connectivity index (χ3v) is 5.67. The van der Waals surface area contributed by atoms with Gasteiger partial charge < -0.3 is 9.64 Å². The van der Waals surface area contributed by atoms with Crippen LogP contribution < -0.4 is 0 Å². The van der Waals surface area contributed by atoms with Crippen LogP contribution in [0.2, 0.25) is 0 Å². The lowest BCUT2D eigenvalue weighted by atomic mass is 9.86. The summed E-state index contributed by atoms with van der Waals surface area (Å²) in [5.74, 6) is 0. The highest BCUT2D eigenvalue weighted by atomic mass is 35.5. The van der Waals surface area contributed by atoms with Gasteiger partial charge >= 0.3 is 6.09 Å². The van der Waals surface area contributed by atoms with E-state index in [1.807, 2.05) is 11.8 Å². The zero-order chi connectivity index (χ0) is 17.6. The Bertz CT molecular complexity index is 597. The van der Waals surface area contributed by atoms with Gasteiger partial charge in [0.15, 0.2) is 0 Å². The van der Waals surface area contributed by atoms with E-state index in [1.165, 1.54) is 25.5 Å². The molecule has 1 aromatic carbocycles. The van der Waals surface area contributed by atoms with Crippen LogP contribution in [0.4, 0.5) is 4.79 Å². The smallest absolute Gasteiger partial charge is 0.409 e. The predicted molar refractivity (Wildman–Crippen MR) is 108 cm³/mol. The summed E-state index contributed by atoms with van der Waals surface area (Å²) in [6.45, 7) is 4.84. The van der Waals surface area contributed by atoms with E-state index in [4.69, 9.17) is 4.74 Å². The Hall–Kier alpha value is -1.52. The number of benzene rings is 1. The van der Waals surface area contributed by atoms with Gasteiger partial charge in [-0.15, -0.1) is 12.4 Å². The van der Waals surface area contributed by atoms with Crippen LogP contribution in [-0.2, 0) is 11.2 Å². The highest BCUT2D eigenvalue weighted by molar-refractivity contribution is 5.85. The highest BCUT2D eigenvalue weighted by Gasteiger charge is 2.32. The third kappa shape index (κ3) is 4.80. The van der Waals surface area contributed by atoms with Crippen LogP contribution in [0.25, 0.3) is 0 Å². The van der Waals surface area contributed by atoms with Crippen LogP contribution in [0.5, 0.6) is 0 Å². The minimum absolute atomic E-state index is 0. The van der Waals surface area contributed by atoms with Crippen molar-refractivity contribution < 1.29 is 9.53 Å². The van der Waals surface area contributed by atoms with Crippen LogP contribution >= 0.6 is 12.4 Å². The average molecular weight is 379 g/mol. The molecule has 1 aliphatic carbocycles. The second-order valence-corrected chi connectivity index (χ2v) is 7.05. The molecule has 1 fully saturated rings. The molecule has 1 atom stereocenters. The first-order chi connectivity index (χ1) is 12.2. The molecule has 1 heterocycles. The standard InChI is InChI=1S/C21H30N2O2.ClH/c1-3-23(21(24)25-2)19-12-14-22(15-13-19)20(18-10-7-11-18)16-17-8-5-4-6-9-17;/h4-6,8-10,19-20H,3,7,11-16H2,1-2H3;1H. The number of methoxy groups -OCH3 is 1. The molecular weight excluding hydrogens is 348 g/mol. The van der Waals surface area contributed by atoms with Crippen molar-refractivity contribution in [2.24, 2.45) is 0 Å². The zero-order valence-corrected chi connectivity index (χ0v) is 16.7. The maximum Gasteiger partial charge on any atom is 0.409 e. The highest BCUT2D eigenvalue weighted by Crippen LogP contribution is 2.30. The van der Waals surface area contributed by atoms with E-state index in [0.29, 0.717) is 12.1 Å². The number of likely N-dealkylation sites (tertiary alicyclic amines) is 1. The second kappa shape index (κ2) is 9.98. The summed E-state index contributed by atoms with van der Waals surface area (Å²) < 4.78 is 4.94. The molecule has 0 spiro atoms. The molecular formula is C21H31ClN2O2. The Morgan fingerprint density at radius 2 is 1.92 bits per heavy atom. The molecule has 3 rings (SSSR count). The van der Waals surface area contributed by atoms with Crippen molar-refractivity contribution in [2.75, 3.05) is 26.7 Å². The molecule has 1 unspecified atom stereocenters. The molecule has 4 nitrogen and oxygen atoms in total. The van der Waals surface area contributed by atoms with Gasteiger partial charge in [-0.25, -0.2) is 4.79 Å². The van der Waals surface area contributed by atoms with Crippen molar-refractivity contribution in [3.63, 3.8) is 0 Å². The monoisotopic (exact) mass is 378 g/mol. The first kappa shape index (κ1) is 20.8. The predicted octanol–water partition coefficient (Wildman–Crippen LogP) is 4.29. The first-order valence-corrected chi connectivity index (χ1v) is 9.54. The molecule has 0 saturated carbocycles. The van der Waals surface area contributed by atoms with E-state index >= 15 is 0 Å². The summed E-state index contributed by atoms with van der Waals surface area (Å²) in [6, 6.07) is 11.6. The molecule has 0 aromatic heterocycles. The quantitative estimate of drug-likeness (QED) is 0.692. The number of piperidine rings is 1. The van der Waals surface area contributed by atoms with Gasteiger partial charge in [0.1, 0.15) is 0 Å². The van der Waals surface area contributed by atoms with Gasteiger partial charge in [-0.3, -0.25) is 4.90 Å². The molecule has 1 saturated heterocycles. The largest absolute Gasteiger partial charge is 0.453 e. The summed E-state index contributed by atoms with van der Waals surface area (Å²) in [5, 5.41) is 0. The van der Waals surface area contributed by atoms with Gasteiger partial charge in [0, 0.05) is 31.7 Å². The minimum Gasteiger partial charge on any atom is -0.453 e. The first-order valence-electron chi connectivity index (χ1n) is 9.54. The number of ether oxygens (including phenoxy) is 1. The summed E-state index contributed by atoms with van der Waals surface area (Å²) >= 11 is 0. The molecule has 2 aliphatic rings. The number of hydrogen-bond acceptors (Lipinski definition) is 3. The lowest BCUT2D eigenvalue weighted by Crippen LogP contribution is -2.51. The van der Waals surface area contributed by atoms with Gasteiger partial charge in [0.25, 0.3) is 0 Å². The molecule has 1 aliphatic heterocycles. The maximum atomic E-state index is 11.9. The fourth-order valence-corrected chi connectivity index (χ4v) is 4.11. The topological polar surface area (TPSA) is 32.8 Å². The number of hydrogen-bond donors (Lipinski definition) is 0. The van der Waals surface area contributed by atoms with Gasteiger partial charge in [-0.2, -0.15) is 0 Å². The SMILES string of the molecule is CCN(C(=O)OC)C1CCN(C(Cc2ccccc2)C2=CCC2)CC1.Cl. The fraction of sp³-hybridized carbons (Fsp3) is 0.571. The van der Waals surface area contributed by atoms with E-state index in [0.717, 1.165) is 38.9 Å². The fourth-order valence-electron chi connectivity index (χ4n) is 4.11. The summed E-state index contributed by atoms with van der Waals surface area (Å²) in [6.07, 6.45) is 7.83. The Balaban J connectivity index is 0.00000243. The van der Waals surface area contributed by atoms with Crippen molar-refractivity contribution in [3.05, 3.63) is 47.5 Å². The number of allylic oxidation sites excluding steroid dienone is 1. The summed E-state index contributed by atoms with van der Waals surface area (Å²) in [4.78, 5) is 16.4. The molecule has 1 amide bonds. The number of amides is 1. The zero-order valence-electron chi connectivity index (χ0n) is 15.9. The van der Waals surface area contributed by atoms with Gasteiger partial charge in [-0.05, 0) is 44.6 Å². The Kier molecular flexibility index (Phi) is 7.98. The van der Waals surface area contributed by atoms with Crippen molar-refractivity contribution in [2.45, 2.75) is 51.1 Å². The number of halogens is 1. The van der Waals surface area contributed by atoms with E-state index < -0.39 is 0 Å². The lowest BCUT2D eigenvalue weighted by molar-refractivity contribution is 0.0726. The van der Waals surface area contributed by atoms with E-state index in [1.54, 1.807) is 5.57 Å². The molecule has 0 bridgehead atoms. The second-order valence-electron chi connectivity index (χ2n) is 7.05. The Morgan fingerprint density at radius 3 is 2.42 bits per heavy atom. The van der Waals surface area contributed by atoms with Gasteiger partial charge in [0.2, 0.25) is 0 Å². The van der Waals surface area contributed by atoms with Crippen molar-refractivity contribution in [1.29, 1.82) is 0 Å². The molecule has 0 N–H and O–H groups in total. The average Bonchev–Trinajstić information content (AvgIpc) is 2.61. The van der Waals surface area contributed by atoms with Crippen LogP contribution in [0, 0.1) is 0 Å². The number of nitrogens with zero attached hydrogens (tertiary/aromatic N) is 2. The van der Waals surface area contributed by atoms with E-state index in [9.17, 15) is 4.79 Å². The van der Waals surface area contributed by atoms with Crippen LogP contribution in [0.3, 0.4) is 0 Å². The van der Waals surface area contributed by atoms with Gasteiger partial charge in [0.05, 0.1) is 7.11 Å². The van der Waals surface area contributed by atoms with Gasteiger partial charge in [-0.1, -0.05) is 42.0 Å². The summed E-state index contributed by atoms with van der Waals surface area (Å²) in [5.41, 5.74) is 3.01. The minimum atomic E-state index is -0.191. The van der Waals surface area contributed by atoms with Crippen molar-refractivity contribution >= 4 is 18.5 Å². The van der Waals surface area contributed by atoms with E-state index in [-0.39, 0.29) is 18.5 Å².